The molecule has 6 nitrogen and oxygen atoms in total. The molecule has 2 heterocycles. The molecule has 1 amide bonds. The van der Waals surface area contributed by atoms with Crippen molar-refractivity contribution in [2.75, 3.05) is 43.6 Å². The van der Waals surface area contributed by atoms with Gasteiger partial charge in [0.25, 0.3) is 0 Å². The van der Waals surface area contributed by atoms with E-state index < -0.39 is 5.41 Å². The fraction of sp³-hybridized carbons (Fsp3) is 0.333. The minimum absolute atomic E-state index is 0. The summed E-state index contributed by atoms with van der Waals surface area (Å²) in [6, 6.07) is 17.9. The minimum atomic E-state index is -0.473. The van der Waals surface area contributed by atoms with E-state index in [0.29, 0.717) is 19.0 Å². The quantitative estimate of drug-likeness (QED) is 0.695. The van der Waals surface area contributed by atoms with Crippen molar-refractivity contribution in [2.45, 2.75) is 18.3 Å². The van der Waals surface area contributed by atoms with Crippen LogP contribution in [0, 0.1) is 0 Å². The topological polar surface area (TPSA) is 63.7 Å². The normalized spacial score (nSPS) is 17.6. The van der Waals surface area contributed by atoms with Crippen LogP contribution in [0.2, 0.25) is 0 Å². The van der Waals surface area contributed by atoms with Crippen LogP contribution < -0.4 is 15.0 Å². The first kappa shape index (κ1) is 18.9. The second-order valence-electron chi connectivity index (χ2n) is 7.92. The highest BCUT2D eigenvalue weighted by atomic mass is 16.5. The van der Waals surface area contributed by atoms with E-state index in [1.807, 2.05) is 42.5 Å². The van der Waals surface area contributed by atoms with E-state index in [1.165, 1.54) is 0 Å². The first-order chi connectivity index (χ1) is 14.7. The van der Waals surface area contributed by atoms with Crippen LogP contribution >= 0.6 is 0 Å². The number of benzene rings is 2. The summed E-state index contributed by atoms with van der Waals surface area (Å²) in [4.78, 5) is 20.3. The van der Waals surface area contributed by atoms with Gasteiger partial charge in [0.05, 0.1) is 25.7 Å². The Labute approximate surface area is 177 Å². The molecule has 1 saturated heterocycles. The predicted molar refractivity (Wildman–Crippen MR) is 119 cm³/mol. The van der Waals surface area contributed by atoms with E-state index in [-0.39, 0.29) is 7.33 Å². The lowest BCUT2D eigenvalue weighted by molar-refractivity contribution is -0.118. The number of pyridine rings is 1. The van der Waals surface area contributed by atoms with Crippen LogP contribution in [0.1, 0.15) is 19.8 Å². The number of hydrogen-bond donors (Lipinski definition) is 1. The Kier molecular flexibility index (Phi) is 4.79. The molecular weight excluding hydrogens is 378 g/mol. The Balaban J connectivity index is 0.00000231. The van der Waals surface area contributed by atoms with Gasteiger partial charge in [0.2, 0.25) is 5.91 Å². The first-order valence-electron chi connectivity index (χ1n) is 10.4. The third kappa shape index (κ3) is 3.37. The number of methoxy groups -OCH3 is 1. The Morgan fingerprint density at radius 3 is 2.57 bits per heavy atom. The maximum absolute atomic E-state index is 13.3. The molecule has 1 saturated carbocycles. The second kappa shape index (κ2) is 7.61. The van der Waals surface area contributed by atoms with Gasteiger partial charge in [-0.05, 0) is 42.0 Å². The van der Waals surface area contributed by atoms with E-state index >= 15 is 0 Å². The molecular formula is C24H27N3O3. The van der Waals surface area contributed by atoms with Gasteiger partial charge in [0.1, 0.15) is 17.4 Å². The molecule has 156 valence electrons. The summed E-state index contributed by atoms with van der Waals surface area (Å²) in [7, 11) is 1.64. The summed E-state index contributed by atoms with van der Waals surface area (Å²) >= 11 is 0. The molecule has 1 aromatic heterocycles. The largest absolute Gasteiger partial charge is 0.497 e. The molecule has 1 N–H and O–H groups in total. The Hall–Kier alpha value is -3.12. The van der Waals surface area contributed by atoms with Crippen molar-refractivity contribution in [3.8, 4) is 5.75 Å². The van der Waals surface area contributed by atoms with Crippen molar-refractivity contribution in [2.24, 2.45) is 0 Å². The molecule has 1 aliphatic heterocycles. The summed E-state index contributed by atoms with van der Waals surface area (Å²) in [5, 5.41) is 5.26. The van der Waals surface area contributed by atoms with Crippen LogP contribution in [0.5, 0.6) is 5.75 Å². The summed E-state index contributed by atoms with van der Waals surface area (Å²) in [5.74, 6) is 2.30. The molecule has 6 heteroatoms. The van der Waals surface area contributed by atoms with Gasteiger partial charge in [-0.1, -0.05) is 36.4 Å². The molecule has 0 bridgehead atoms. The number of rotatable bonds is 5. The number of nitrogens with zero attached hydrogens (tertiary/aromatic N) is 2. The first-order valence-corrected chi connectivity index (χ1v) is 10.4. The fourth-order valence-electron chi connectivity index (χ4n) is 4.18. The highest BCUT2D eigenvalue weighted by molar-refractivity contribution is 6.03. The maximum Gasteiger partial charge on any atom is 0.236 e. The van der Waals surface area contributed by atoms with E-state index in [4.69, 9.17) is 14.5 Å². The SMILES string of the molecule is COc1ccc(C2(C(=O)Nc3cc4ccccc4c(N4CCOCC4)n3)CC2)cc1.[HH]. The summed E-state index contributed by atoms with van der Waals surface area (Å²) in [5.41, 5.74) is 0.550. The fourth-order valence-corrected chi connectivity index (χ4v) is 4.18. The highest BCUT2D eigenvalue weighted by Gasteiger charge is 2.51. The number of aromatic nitrogens is 1. The Bertz CT molecular complexity index is 1080. The molecule has 3 aromatic rings. The summed E-state index contributed by atoms with van der Waals surface area (Å²) in [6.07, 6.45) is 1.68. The van der Waals surface area contributed by atoms with E-state index in [0.717, 1.165) is 53.8 Å². The predicted octanol–water partition coefficient (Wildman–Crippen LogP) is 4.00. The van der Waals surface area contributed by atoms with Crippen molar-refractivity contribution in [3.63, 3.8) is 0 Å². The third-order valence-corrected chi connectivity index (χ3v) is 6.10. The third-order valence-electron chi connectivity index (χ3n) is 6.10. The van der Waals surface area contributed by atoms with Crippen molar-refractivity contribution in [3.05, 3.63) is 60.2 Å². The van der Waals surface area contributed by atoms with Gasteiger partial charge >= 0.3 is 0 Å². The van der Waals surface area contributed by atoms with Gasteiger partial charge in [-0.25, -0.2) is 4.98 Å². The van der Waals surface area contributed by atoms with Crippen molar-refractivity contribution >= 4 is 28.3 Å². The van der Waals surface area contributed by atoms with Crippen LogP contribution in [0.4, 0.5) is 11.6 Å². The number of morpholine rings is 1. The maximum atomic E-state index is 13.3. The smallest absolute Gasteiger partial charge is 0.236 e. The Morgan fingerprint density at radius 2 is 1.87 bits per heavy atom. The molecule has 0 spiro atoms. The number of fused-ring (bicyclic) bond motifs is 1. The lowest BCUT2D eigenvalue weighted by Gasteiger charge is -2.29. The molecule has 30 heavy (non-hydrogen) atoms. The van der Waals surface area contributed by atoms with Crippen LogP contribution in [0.25, 0.3) is 10.8 Å². The monoisotopic (exact) mass is 405 g/mol. The molecule has 2 aliphatic rings. The van der Waals surface area contributed by atoms with Crippen molar-refractivity contribution in [1.29, 1.82) is 0 Å². The average molecular weight is 405 g/mol. The zero-order valence-corrected chi connectivity index (χ0v) is 17.1. The molecule has 5 rings (SSSR count). The molecule has 2 fully saturated rings. The number of amides is 1. The zero-order chi connectivity index (χ0) is 20.6. The number of carbonyl (C=O) groups is 1. The number of nitrogens with one attached hydrogen (secondary N) is 1. The lowest BCUT2D eigenvalue weighted by Crippen LogP contribution is -2.37. The van der Waals surface area contributed by atoms with Gasteiger partial charge < -0.3 is 19.7 Å². The lowest BCUT2D eigenvalue weighted by atomic mass is 9.95. The molecule has 1 aliphatic carbocycles. The number of anilines is 2. The van der Waals surface area contributed by atoms with Gasteiger partial charge in [-0.2, -0.15) is 0 Å². The molecule has 0 atom stereocenters. The van der Waals surface area contributed by atoms with E-state index in [2.05, 4.69) is 22.3 Å². The molecule has 2 aromatic carbocycles. The molecule has 0 radical (unpaired) electrons. The van der Waals surface area contributed by atoms with Crippen LogP contribution in [0.15, 0.2) is 54.6 Å². The van der Waals surface area contributed by atoms with Gasteiger partial charge in [-0.15, -0.1) is 0 Å². The number of carbonyl (C=O) groups excluding carboxylic acids is 1. The zero-order valence-electron chi connectivity index (χ0n) is 17.1. The van der Waals surface area contributed by atoms with Crippen LogP contribution in [-0.4, -0.2) is 44.3 Å². The van der Waals surface area contributed by atoms with E-state index in [9.17, 15) is 4.79 Å². The van der Waals surface area contributed by atoms with Crippen LogP contribution in [-0.2, 0) is 14.9 Å². The van der Waals surface area contributed by atoms with Crippen LogP contribution in [0.3, 0.4) is 0 Å². The average Bonchev–Trinajstić information content (AvgIpc) is 3.61. The summed E-state index contributed by atoms with van der Waals surface area (Å²) in [6.45, 7) is 2.97. The van der Waals surface area contributed by atoms with Gasteiger partial charge in [-0.3, -0.25) is 4.79 Å². The number of ether oxygens (including phenoxy) is 2. The standard InChI is InChI=1S/C24H25N3O3.H2/c1-29-19-8-6-18(7-9-19)24(10-11-24)23(28)26-21-16-17-4-2-3-5-20(17)22(25-21)27-12-14-30-15-13-27;/h2-9,16H,10-15H2,1H3,(H,25,26,28);1H. The van der Waals surface area contributed by atoms with Gasteiger partial charge in [0.15, 0.2) is 0 Å². The highest BCUT2D eigenvalue weighted by Crippen LogP contribution is 2.49. The molecule has 0 unspecified atom stereocenters. The number of hydrogen-bond acceptors (Lipinski definition) is 5. The minimum Gasteiger partial charge on any atom is -0.497 e. The van der Waals surface area contributed by atoms with Crippen molar-refractivity contribution in [1.82, 2.24) is 4.98 Å². The Morgan fingerprint density at radius 1 is 1.13 bits per heavy atom. The van der Waals surface area contributed by atoms with E-state index in [1.54, 1.807) is 7.11 Å². The second-order valence-corrected chi connectivity index (χ2v) is 7.92. The van der Waals surface area contributed by atoms with Crippen molar-refractivity contribution < 1.29 is 15.7 Å². The summed E-state index contributed by atoms with van der Waals surface area (Å²) < 4.78 is 10.7. The van der Waals surface area contributed by atoms with Gasteiger partial charge in [0, 0.05) is 19.9 Å².